The number of aryl methyl sites for hydroxylation is 1. The van der Waals surface area contributed by atoms with Crippen LogP contribution in [0, 0.1) is 0 Å². The third-order valence-electron chi connectivity index (χ3n) is 3.48. The number of aliphatic carboxylic acids is 1. The largest absolute Gasteiger partial charge is 0.481 e. The number of nitrogens with zero attached hydrogens (tertiary/aromatic N) is 3. The number of nitrogens with one attached hydrogen (secondary N) is 1. The molecule has 21 heavy (non-hydrogen) atoms. The van der Waals surface area contributed by atoms with Crippen molar-refractivity contribution in [1.29, 1.82) is 0 Å². The maximum absolute atomic E-state index is 10.6. The van der Waals surface area contributed by atoms with Crippen molar-refractivity contribution < 1.29 is 9.90 Å². The summed E-state index contributed by atoms with van der Waals surface area (Å²) in [6, 6.07) is 3.77. The van der Waals surface area contributed by atoms with Crippen molar-refractivity contribution in [2.45, 2.75) is 25.7 Å². The SMILES string of the molecule is O=C(O)CCNc1nc(-c2cccnc2)nc2c1CCC2. The molecule has 0 bridgehead atoms. The number of pyridine rings is 1. The van der Waals surface area contributed by atoms with Gasteiger partial charge in [0.15, 0.2) is 5.82 Å². The Kier molecular flexibility index (Phi) is 3.77. The molecular formula is C15H16N4O2. The van der Waals surface area contributed by atoms with Gasteiger partial charge in [-0.25, -0.2) is 9.97 Å². The van der Waals surface area contributed by atoms with Gasteiger partial charge in [-0.15, -0.1) is 0 Å². The summed E-state index contributed by atoms with van der Waals surface area (Å²) in [6.07, 6.45) is 6.46. The molecule has 0 fully saturated rings. The fraction of sp³-hybridized carbons (Fsp3) is 0.333. The Balaban J connectivity index is 1.91. The number of hydrogen-bond acceptors (Lipinski definition) is 5. The normalized spacial score (nSPS) is 13.0. The summed E-state index contributed by atoms with van der Waals surface area (Å²) < 4.78 is 0. The van der Waals surface area contributed by atoms with Crippen molar-refractivity contribution in [2.24, 2.45) is 0 Å². The first-order chi connectivity index (χ1) is 10.2. The van der Waals surface area contributed by atoms with Gasteiger partial charge in [0, 0.05) is 35.8 Å². The van der Waals surface area contributed by atoms with E-state index < -0.39 is 5.97 Å². The van der Waals surface area contributed by atoms with Crippen LogP contribution < -0.4 is 5.32 Å². The maximum Gasteiger partial charge on any atom is 0.305 e. The van der Waals surface area contributed by atoms with E-state index in [9.17, 15) is 4.79 Å². The zero-order valence-corrected chi connectivity index (χ0v) is 11.5. The predicted octanol–water partition coefficient (Wildman–Crippen LogP) is 1.91. The molecule has 0 atom stereocenters. The molecule has 1 aliphatic carbocycles. The molecule has 0 aromatic carbocycles. The van der Waals surface area contributed by atoms with Crippen LogP contribution in [-0.2, 0) is 17.6 Å². The average molecular weight is 284 g/mol. The fourth-order valence-electron chi connectivity index (χ4n) is 2.49. The van der Waals surface area contributed by atoms with Gasteiger partial charge in [0.1, 0.15) is 5.82 Å². The molecule has 2 aromatic rings. The zero-order chi connectivity index (χ0) is 14.7. The van der Waals surface area contributed by atoms with E-state index in [1.54, 1.807) is 12.4 Å². The smallest absolute Gasteiger partial charge is 0.305 e. The van der Waals surface area contributed by atoms with Crippen molar-refractivity contribution in [2.75, 3.05) is 11.9 Å². The number of anilines is 1. The highest BCUT2D eigenvalue weighted by atomic mass is 16.4. The second-order valence-corrected chi connectivity index (χ2v) is 4.99. The van der Waals surface area contributed by atoms with Gasteiger partial charge in [-0.3, -0.25) is 9.78 Å². The van der Waals surface area contributed by atoms with E-state index in [0.29, 0.717) is 12.4 Å². The summed E-state index contributed by atoms with van der Waals surface area (Å²) in [7, 11) is 0. The highest BCUT2D eigenvalue weighted by molar-refractivity contribution is 5.67. The van der Waals surface area contributed by atoms with Gasteiger partial charge in [0.2, 0.25) is 0 Å². The second-order valence-electron chi connectivity index (χ2n) is 4.99. The molecule has 0 saturated carbocycles. The molecule has 108 valence electrons. The van der Waals surface area contributed by atoms with Crippen LogP contribution in [0.15, 0.2) is 24.5 Å². The van der Waals surface area contributed by atoms with Gasteiger partial charge in [-0.2, -0.15) is 0 Å². The minimum atomic E-state index is -0.819. The van der Waals surface area contributed by atoms with E-state index in [0.717, 1.165) is 41.9 Å². The number of rotatable bonds is 5. The first kappa shape index (κ1) is 13.5. The van der Waals surface area contributed by atoms with Gasteiger partial charge in [0.05, 0.1) is 6.42 Å². The van der Waals surface area contributed by atoms with Crippen LogP contribution in [0.25, 0.3) is 11.4 Å². The Labute approximate surface area is 122 Å². The summed E-state index contributed by atoms with van der Waals surface area (Å²) in [5.74, 6) is 0.583. The highest BCUT2D eigenvalue weighted by Crippen LogP contribution is 2.28. The Hall–Kier alpha value is -2.50. The van der Waals surface area contributed by atoms with Crippen LogP contribution in [0.3, 0.4) is 0 Å². The van der Waals surface area contributed by atoms with Crippen LogP contribution in [-0.4, -0.2) is 32.6 Å². The van der Waals surface area contributed by atoms with Gasteiger partial charge in [-0.1, -0.05) is 0 Å². The van der Waals surface area contributed by atoms with Crippen LogP contribution >= 0.6 is 0 Å². The molecule has 0 unspecified atom stereocenters. The molecule has 0 amide bonds. The van der Waals surface area contributed by atoms with E-state index in [4.69, 9.17) is 5.11 Å². The summed E-state index contributed by atoms with van der Waals surface area (Å²) in [5, 5.41) is 11.9. The number of carboxylic acid groups (broad SMARTS) is 1. The summed E-state index contributed by atoms with van der Waals surface area (Å²) in [4.78, 5) is 23.9. The fourth-order valence-corrected chi connectivity index (χ4v) is 2.49. The molecule has 0 saturated heterocycles. The van der Waals surface area contributed by atoms with E-state index >= 15 is 0 Å². The number of carbonyl (C=O) groups is 1. The molecule has 0 spiro atoms. The molecule has 0 aliphatic heterocycles. The molecule has 0 radical (unpaired) electrons. The third kappa shape index (κ3) is 2.99. The van der Waals surface area contributed by atoms with Crippen molar-refractivity contribution >= 4 is 11.8 Å². The Morgan fingerprint density at radius 1 is 1.33 bits per heavy atom. The zero-order valence-electron chi connectivity index (χ0n) is 11.5. The lowest BCUT2D eigenvalue weighted by molar-refractivity contribution is -0.136. The van der Waals surface area contributed by atoms with Crippen LogP contribution in [0.5, 0.6) is 0 Å². The Morgan fingerprint density at radius 3 is 3.00 bits per heavy atom. The molecule has 6 nitrogen and oxygen atoms in total. The summed E-state index contributed by atoms with van der Waals surface area (Å²) >= 11 is 0. The number of fused-ring (bicyclic) bond motifs is 1. The Bertz CT molecular complexity index is 658. The second kappa shape index (κ2) is 5.87. The van der Waals surface area contributed by atoms with Gasteiger partial charge >= 0.3 is 5.97 Å². The van der Waals surface area contributed by atoms with Crippen molar-refractivity contribution in [1.82, 2.24) is 15.0 Å². The standard InChI is InChI=1S/C15H16N4O2/c20-13(21)6-8-17-15-11-4-1-5-12(11)18-14(19-15)10-3-2-7-16-9-10/h2-3,7,9H,1,4-6,8H2,(H,20,21)(H,17,18,19). The van der Waals surface area contributed by atoms with Crippen LogP contribution in [0.4, 0.5) is 5.82 Å². The van der Waals surface area contributed by atoms with Crippen LogP contribution in [0.2, 0.25) is 0 Å². The Morgan fingerprint density at radius 2 is 2.24 bits per heavy atom. The van der Waals surface area contributed by atoms with Gasteiger partial charge in [-0.05, 0) is 31.4 Å². The average Bonchev–Trinajstić information content (AvgIpc) is 2.96. The van der Waals surface area contributed by atoms with Gasteiger partial charge in [0.25, 0.3) is 0 Å². The lowest BCUT2D eigenvalue weighted by Gasteiger charge is -2.11. The van der Waals surface area contributed by atoms with E-state index in [1.165, 1.54) is 0 Å². The first-order valence-electron chi connectivity index (χ1n) is 7.00. The molecule has 2 aromatic heterocycles. The molecule has 2 heterocycles. The predicted molar refractivity (Wildman–Crippen MR) is 78.0 cm³/mol. The molecule has 2 N–H and O–H groups in total. The van der Waals surface area contributed by atoms with Crippen molar-refractivity contribution in [3.8, 4) is 11.4 Å². The first-order valence-corrected chi connectivity index (χ1v) is 7.00. The number of aromatic nitrogens is 3. The molecule has 3 rings (SSSR count). The number of carboxylic acids is 1. The van der Waals surface area contributed by atoms with E-state index in [1.807, 2.05) is 12.1 Å². The summed E-state index contributed by atoms with van der Waals surface area (Å²) in [5.41, 5.74) is 3.04. The monoisotopic (exact) mass is 284 g/mol. The molecule has 6 heteroatoms. The topological polar surface area (TPSA) is 88.0 Å². The van der Waals surface area contributed by atoms with E-state index in [2.05, 4.69) is 20.3 Å². The summed E-state index contributed by atoms with van der Waals surface area (Å²) in [6.45, 7) is 0.366. The minimum absolute atomic E-state index is 0.0704. The molecular weight excluding hydrogens is 268 g/mol. The lowest BCUT2D eigenvalue weighted by Crippen LogP contribution is -2.11. The molecule has 1 aliphatic rings. The number of hydrogen-bond donors (Lipinski definition) is 2. The quantitative estimate of drug-likeness (QED) is 0.872. The lowest BCUT2D eigenvalue weighted by atomic mass is 10.2. The van der Waals surface area contributed by atoms with Crippen LogP contribution in [0.1, 0.15) is 24.1 Å². The van der Waals surface area contributed by atoms with E-state index in [-0.39, 0.29) is 6.42 Å². The van der Waals surface area contributed by atoms with Crippen molar-refractivity contribution in [3.63, 3.8) is 0 Å². The van der Waals surface area contributed by atoms with Gasteiger partial charge < -0.3 is 10.4 Å². The highest BCUT2D eigenvalue weighted by Gasteiger charge is 2.19. The third-order valence-corrected chi connectivity index (χ3v) is 3.48. The van der Waals surface area contributed by atoms with Crippen molar-refractivity contribution in [3.05, 3.63) is 35.8 Å². The minimum Gasteiger partial charge on any atom is -0.481 e. The maximum atomic E-state index is 10.6.